The third-order valence-corrected chi connectivity index (χ3v) is 0.620. The van der Waals surface area contributed by atoms with Gasteiger partial charge in [-0.15, -0.1) is 11.8 Å². The van der Waals surface area contributed by atoms with Gasteiger partial charge >= 0.3 is 0 Å². The fourth-order valence-corrected chi connectivity index (χ4v) is 0.310. The molecule has 0 aromatic heterocycles. The maximum atomic E-state index is 7.80. The lowest BCUT2D eigenvalue weighted by molar-refractivity contribution is -0.240. The molecule has 46 valence electrons. The highest BCUT2D eigenvalue weighted by molar-refractivity contribution is 4.97. The van der Waals surface area contributed by atoms with Crippen LogP contribution < -0.4 is 0 Å². The fourth-order valence-electron chi connectivity index (χ4n) is 0.310. The van der Waals surface area contributed by atoms with Crippen molar-refractivity contribution in [3.8, 4) is 11.8 Å². The van der Waals surface area contributed by atoms with Crippen molar-refractivity contribution in [1.29, 1.82) is 0 Å². The first kappa shape index (κ1) is 7.48. The molecular formula is C6H10O2. The van der Waals surface area contributed by atoms with E-state index < -0.39 is 0 Å². The molecule has 0 unspecified atom stereocenters. The Hall–Kier alpha value is -0.520. The first-order valence-electron chi connectivity index (χ1n) is 2.64. The maximum Gasteiger partial charge on any atom is 0.0928 e. The van der Waals surface area contributed by atoms with Crippen molar-refractivity contribution in [1.82, 2.24) is 0 Å². The van der Waals surface area contributed by atoms with Crippen molar-refractivity contribution < 1.29 is 10.1 Å². The summed E-state index contributed by atoms with van der Waals surface area (Å²) in [6.45, 7) is 2.29. The predicted octanol–water partition coefficient (Wildman–Crippen LogP) is 1.28. The van der Waals surface area contributed by atoms with Crippen LogP contribution in [0.5, 0.6) is 0 Å². The fraction of sp³-hybridized carbons (Fsp3) is 0.667. The van der Waals surface area contributed by atoms with Gasteiger partial charge < -0.3 is 0 Å². The van der Waals surface area contributed by atoms with Gasteiger partial charge in [0.1, 0.15) is 0 Å². The van der Waals surface area contributed by atoms with Crippen LogP contribution in [0.4, 0.5) is 0 Å². The van der Waals surface area contributed by atoms with E-state index in [2.05, 4.69) is 16.7 Å². The van der Waals surface area contributed by atoms with Crippen molar-refractivity contribution in [2.24, 2.45) is 0 Å². The van der Waals surface area contributed by atoms with E-state index in [4.69, 9.17) is 5.26 Å². The highest BCUT2D eigenvalue weighted by Crippen LogP contribution is 1.75. The molecule has 0 saturated carbocycles. The van der Waals surface area contributed by atoms with Crippen LogP contribution in [0.25, 0.3) is 0 Å². The second-order valence-corrected chi connectivity index (χ2v) is 1.29. The lowest BCUT2D eigenvalue weighted by Gasteiger charge is -1.83. The minimum atomic E-state index is 0.312. The summed E-state index contributed by atoms with van der Waals surface area (Å²) >= 11 is 0. The molecule has 0 aliphatic carbocycles. The van der Waals surface area contributed by atoms with Gasteiger partial charge in [-0.05, 0) is 0 Å². The molecule has 1 N–H and O–H groups in total. The molecule has 0 atom stereocenters. The van der Waals surface area contributed by atoms with Gasteiger partial charge in [-0.25, -0.2) is 4.89 Å². The molecule has 0 aromatic rings. The van der Waals surface area contributed by atoms with Crippen LogP contribution in [0.1, 0.15) is 19.8 Å². The largest absolute Gasteiger partial charge is 0.252 e. The van der Waals surface area contributed by atoms with E-state index in [-0.39, 0.29) is 0 Å². The molecule has 0 radical (unpaired) electrons. The molecule has 0 spiro atoms. The van der Waals surface area contributed by atoms with Crippen LogP contribution in [-0.2, 0) is 4.89 Å². The molecule has 2 heteroatoms. The van der Waals surface area contributed by atoms with Crippen molar-refractivity contribution in [3.05, 3.63) is 0 Å². The highest BCUT2D eigenvalue weighted by atomic mass is 17.1. The van der Waals surface area contributed by atoms with Gasteiger partial charge in [-0.3, -0.25) is 5.26 Å². The molecule has 0 heterocycles. The summed E-state index contributed by atoms with van der Waals surface area (Å²) in [5.41, 5.74) is 0. The van der Waals surface area contributed by atoms with Crippen LogP contribution in [0, 0.1) is 11.8 Å². The second kappa shape index (κ2) is 6.48. The number of rotatable bonds is 2. The zero-order valence-corrected chi connectivity index (χ0v) is 4.98. The average molecular weight is 114 g/mol. The van der Waals surface area contributed by atoms with E-state index in [1.807, 2.05) is 6.92 Å². The van der Waals surface area contributed by atoms with Crippen molar-refractivity contribution in [2.45, 2.75) is 19.8 Å². The molecule has 0 aliphatic heterocycles. The standard InChI is InChI=1S/C6H10O2/c1-2-3-4-5-6-8-7/h7H,2,5-6H2,1H3. The van der Waals surface area contributed by atoms with Crippen LogP contribution in [0.3, 0.4) is 0 Å². The van der Waals surface area contributed by atoms with E-state index in [1.165, 1.54) is 0 Å². The first-order valence-corrected chi connectivity index (χ1v) is 2.64. The summed E-state index contributed by atoms with van der Waals surface area (Å²) in [7, 11) is 0. The maximum absolute atomic E-state index is 7.80. The Morgan fingerprint density at radius 1 is 1.50 bits per heavy atom. The number of hydrogen-bond donors (Lipinski definition) is 1. The van der Waals surface area contributed by atoms with E-state index in [9.17, 15) is 0 Å². The normalized spacial score (nSPS) is 7.75. The topological polar surface area (TPSA) is 29.5 Å². The predicted molar refractivity (Wildman–Crippen MR) is 31.3 cm³/mol. The van der Waals surface area contributed by atoms with Crippen LogP contribution in [0.2, 0.25) is 0 Å². The van der Waals surface area contributed by atoms with Gasteiger partial charge in [0.15, 0.2) is 0 Å². The Bertz CT molecular complexity index is 88.4. The van der Waals surface area contributed by atoms with E-state index in [0.29, 0.717) is 13.0 Å². The molecule has 0 saturated heterocycles. The van der Waals surface area contributed by atoms with Crippen LogP contribution in [0.15, 0.2) is 0 Å². The Balaban J connectivity index is 2.90. The molecule has 0 aliphatic rings. The SMILES string of the molecule is CCC#CCCOO. The smallest absolute Gasteiger partial charge is 0.0928 e. The highest BCUT2D eigenvalue weighted by Gasteiger charge is 1.74. The monoisotopic (exact) mass is 114 g/mol. The van der Waals surface area contributed by atoms with Crippen LogP contribution in [-0.4, -0.2) is 11.9 Å². The van der Waals surface area contributed by atoms with Gasteiger partial charge in [0.25, 0.3) is 0 Å². The number of hydrogen-bond acceptors (Lipinski definition) is 2. The molecule has 0 amide bonds. The third kappa shape index (κ3) is 5.48. The Kier molecular flexibility index (Phi) is 6.06. The van der Waals surface area contributed by atoms with Gasteiger partial charge in [0, 0.05) is 12.8 Å². The van der Waals surface area contributed by atoms with Gasteiger partial charge in [-0.2, -0.15) is 0 Å². The summed E-state index contributed by atoms with van der Waals surface area (Å²) in [5, 5.41) is 7.80. The summed E-state index contributed by atoms with van der Waals surface area (Å²) in [5.74, 6) is 5.64. The van der Waals surface area contributed by atoms with Gasteiger partial charge in [0.2, 0.25) is 0 Å². The summed E-state index contributed by atoms with van der Waals surface area (Å²) < 4.78 is 0. The van der Waals surface area contributed by atoms with E-state index in [1.54, 1.807) is 0 Å². The zero-order chi connectivity index (χ0) is 6.24. The third-order valence-electron chi connectivity index (χ3n) is 0.620. The average Bonchev–Trinajstić information content (AvgIpc) is 1.81. The summed E-state index contributed by atoms with van der Waals surface area (Å²) in [6.07, 6.45) is 1.48. The van der Waals surface area contributed by atoms with Gasteiger partial charge in [0.05, 0.1) is 6.61 Å². The van der Waals surface area contributed by atoms with Crippen LogP contribution >= 0.6 is 0 Å². The minimum absolute atomic E-state index is 0.312. The molecule has 0 aromatic carbocycles. The quantitative estimate of drug-likeness (QED) is 0.253. The van der Waals surface area contributed by atoms with Gasteiger partial charge in [-0.1, -0.05) is 6.92 Å². The molecule has 0 fully saturated rings. The molecular weight excluding hydrogens is 104 g/mol. The summed E-state index contributed by atoms with van der Waals surface area (Å²) in [4.78, 5) is 3.79. The summed E-state index contributed by atoms with van der Waals surface area (Å²) in [6, 6.07) is 0. The Morgan fingerprint density at radius 2 is 2.25 bits per heavy atom. The zero-order valence-electron chi connectivity index (χ0n) is 4.98. The Morgan fingerprint density at radius 3 is 2.75 bits per heavy atom. The first-order chi connectivity index (χ1) is 3.91. The molecule has 0 rings (SSSR count). The molecule has 0 bridgehead atoms. The van der Waals surface area contributed by atoms with Crippen molar-refractivity contribution in [3.63, 3.8) is 0 Å². The Labute approximate surface area is 49.4 Å². The molecule has 2 nitrogen and oxygen atoms in total. The van der Waals surface area contributed by atoms with E-state index in [0.717, 1.165) is 6.42 Å². The lowest BCUT2D eigenvalue weighted by atomic mass is 10.4. The molecule has 8 heavy (non-hydrogen) atoms. The van der Waals surface area contributed by atoms with Crippen molar-refractivity contribution >= 4 is 0 Å². The lowest BCUT2D eigenvalue weighted by Crippen LogP contribution is -1.84. The second-order valence-electron chi connectivity index (χ2n) is 1.29. The van der Waals surface area contributed by atoms with E-state index >= 15 is 0 Å². The van der Waals surface area contributed by atoms with Crippen molar-refractivity contribution in [2.75, 3.05) is 6.61 Å². The minimum Gasteiger partial charge on any atom is -0.252 e.